The summed E-state index contributed by atoms with van der Waals surface area (Å²) >= 11 is 0. The van der Waals surface area contributed by atoms with E-state index < -0.39 is 0 Å². The van der Waals surface area contributed by atoms with E-state index in [0.29, 0.717) is 13.1 Å². The molecule has 2 amide bonds. The standard InChI is InChI=1S/C13H19N5O/c1-3-6-16-9-15-10-11-14-5-8-17(11)13(19)18(7-4-2)12(10)16/h9H,3-8H2,1-2H3. The maximum atomic E-state index is 12.5. The van der Waals surface area contributed by atoms with Gasteiger partial charge in [-0.25, -0.2) is 9.78 Å². The van der Waals surface area contributed by atoms with Crippen LogP contribution < -0.4 is 4.90 Å². The molecule has 0 fully saturated rings. The minimum Gasteiger partial charge on any atom is -0.316 e. The van der Waals surface area contributed by atoms with Crippen LogP contribution in [0.15, 0.2) is 11.3 Å². The van der Waals surface area contributed by atoms with E-state index in [0.717, 1.165) is 43.3 Å². The number of imidazole rings is 1. The Balaban J connectivity index is 2.10. The van der Waals surface area contributed by atoms with Crippen LogP contribution in [0.1, 0.15) is 32.4 Å². The van der Waals surface area contributed by atoms with Gasteiger partial charge in [0.1, 0.15) is 11.5 Å². The molecule has 3 rings (SSSR count). The summed E-state index contributed by atoms with van der Waals surface area (Å²) in [7, 11) is 0. The molecule has 0 N–H and O–H groups in total. The Morgan fingerprint density at radius 1 is 1.26 bits per heavy atom. The van der Waals surface area contributed by atoms with Crippen molar-refractivity contribution in [1.82, 2.24) is 14.5 Å². The number of aliphatic imine (C=N–C) groups is 1. The fourth-order valence-electron chi connectivity index (χ4n) is 2.72. The average Bonchev–Trinajstić information content (AvgIpc) is 3.01. The summed E-state index contributed by atoms with van der Waals surface area (Å²) in [6.45, 7) is 7.17. The number of amides is 2. The van der Waals surface area contributed by atoms with Crippen LogP contribution in [-0.4, -0.2) is 46.0 Å². The van der Waals surface area contributed by atoms with Crippen molar-refractivity contribution in [3.05, 3.63) is 12.0 Å². The first-order chi connectivity index (χ1) is 9.27. The van der Waals surface area contributed by atoms with Gasteiger partial charge in [-0.05, 0) is 12.8 Å². The minimum absolute atomic E-state index is 0.0449. The Bertz CT molecular complexity index is 533. The van der Waals surface area contributed by atoms with E-state index in [9.17, 15) is 4.79 Å². The second kappa shape index (κ2) is 4.68. The van der Waals surface area contributed by atoms with Gasteiger partial charge in [0.25, 0.3) is 0 Å². The zero-order chi connectivity index (χ0) is 13.4. The smallest absolute Gasteiger partial charge is 0.316 e. The molecule has 6 nitrogen and oxygen atoms in total. The van der Waals surface area contributed by atoms with E-state index in [2.05, 4.69) is 28.4 Å². The van der Waals surface area contributed by atoms with Gasteiger partial charge < -0.3 is 4.57 Å². The van der Waals surface area contributed by atoms with Crippen LogP contribution in [-0.2, 0) is 6.54 Å². The molecular formula is C13H19N5O. The summed E-state index contributed by atoms with van der Waals surface area (Å²) in [5.41, 5.74) is 0.860. The highest BCUT2D eigenvalue weighted by molar-refractivity contribution is 6.18. The zero-order valence-electron chi connectivity index (χ0n) is 11.5. The first kappa shape index (κ1) is 12.2. The van der Waals surface area contributed by atoms with E-state index >= 15 is 0 Å². The lowest BCUT2D eigenvalue weighted by Gasteiger charge is -2.33. The van der Waals surface area contributed by atoms with Crippen molar-refractivity contribution in [3.8, 4) is 0 Å². The monoisotopic (exact) mass is 261 g/mol. The predicted molar refractivity (Wildman–Crippen MR) is 73.7 cm³/mol. The van der Waals surface area contributed by atoms with E-state index in [-0.39, 0.29) is 6.03 Å². The summed E-state index contributed by atoms with van der Waals surface area (Å²) in [5.74, 6) is 1.67. The van der Waals surface area contributed by atoms with Crippen molar-refractivity contribution < 1.29 is 4.79 Å². The lowest BCUT2D eigenvalue weighted by atomic mass is 10.2. The molecule has 102 valence electrons. The summed E-state index contributed by atoms with van der Waals surface area (Å²) in [6, 6.07) is 0.0449. The second-order valence-corrected chi connectivity index (χ2v) is 4.90. The maximum absolute atomic E-state index is 12.5. The van der Waals surface area contributed by atoms with Gasteiger partial charge in [0.2, 0.25) is 0 Å². The quantitative estimate of drug-likeness (QED) is 0.828. The first-order valence-corrected chi connectivity index (χ1v) is 6.96. The van der Waals surface area contributed by atoms with Crippen molar-refractivity contribution in [2.24, 2.45) is 4.99 Å². The summed E-state index contributed by atoms with van der Waals surface area (Å²) in [5, 5.41) is 0. The van der Waals surface area contributed by atoms with Crippen LogP contribution in [0.5, 0.6) is 0 Å². The molecular weight excluding hydrogens is 242 g/mol. The van der Waals surface area contributed by atoms with Gasteiger partial charge >= 0.3 is 6.03 Å². The van der Waals surface area contributed by atoms with Crippen molar-refractivity contribution in [3.63, 3.8) is 0 Å². The number of aromatic nitrogens is 2. The van der Waals surface area contributed by atoms with E-state index in [1.807, 2.05) is 11.2 Å². The van der Waals surface area contributed by atoms with Gasteiger partial charge in [-0.15, -0.1) is 0 Å². The fourth-order valence-corrected chi connectivity index (χ4v) is 2.72. The Morgan fingerprint density at radius 2 is 2.05 bits per heavy atom. The van der Waals surface area contributed by atoms with Gasteiger partial charge in [-0.2, -0.15) is 0 Å². The van der Waals surface area contributed by atoms with E-state index in [4.69, 9.17) is 0 Å². The lowest BCUT2D eigenvalue weighted by molar-refractivity contribution is 0.228. The molecule has 2 aliphatic rings. The Morgan fingerprint density at radius 3 is 2.79 bits per heavy atom. The molecule has 0 saturated heterocycles. The number of carbonyl (C=O) groups excluding carboxylic acids is 1. The summed E-state index contributed by atoms with van der Waals surface area (Å²) in [4.78, 5) is 25.1. The molecule has 0 bridgehead atoms. The van der Waals surface area contributed by atoms with Crippen molar-refractivity contribution >= 4 is 17.7 Å². The molecule has 1 aromatic heterocycles. The zero-order valence-corrected chi connectivity index (χ0v) is 11.5. The number of carbonyl (C=O) groups is 1. The van der Waals surface area contributed by atoms with Crippen molar-refractivity contribution in [2.45, 2.75) is 33.2 Å². The molecule has 0 aromatic carbocycles. The van der Waals surface area contributed by atoms with Gasteiger partial charge in [-0.1, -0.05) is 13.8 Å². The van der Waals surface area contributed by atoms with Crippen LogP contribution in [0.25, 0.3) is 0 Å². The molecule has 2 aliphatic heterocycles. The third-order valence-electron chi connectivity index (χ3n) is 3.49. The molecule has 1 aromatic rings. The molecule has 0 unspecified atom stereocenters. The maximum Gasteiger partial charge on any atom is 0.331 e. The summed E-state index contributed by atoms with van der Waals surface area (Å²) < 4.78 is 2.07. The highest BCUT2D eigenvalue weighted by Gasteiger charge is 2.39. The van der Waals surface area contributed by atoms with Crippen LogP contribution >= 0.6 is 0 Å². The van der Waals surface area contributed by atoms with E-state index in [1.54, 1.807) is 4.90 Å². The van der Waals surface area contributed by atoms with Crippen LogP contribution in [0.3, 0.4) is 0 Å². The number of anilines is 1. The number of hydrogen-bond acceptors (Lipinski definition) is 3. The van der Waals surface area contributed by atoms with Crippen LogP contribution in [0, 0.1) is 0 Å². The molecule has 19 heavy (non-hydrogen) atoms. The topological polar surface area (TPSA) is 53.7 Å². The minimum atomic E-state index is 0.0449. The van der Waals surface area contributed by atoms with Gasteiger partial charge in [0, 0.05) is 19.6 Å². The average molecular weight is 261 g/mol. The Labute approximate surface area is 112 Å². The highest BCUT2D eigenvalue weighted by atomic mass is 16.2. The number of aryl methyl sites for hydroxylation is 1. The van der Waals surface area contributed by atoms with Gasteiger partial charge in [-0.3, -0.25) is 14.8 Å². The third kappa shape index (κ3) is 1.74. The number of rotatable bonds is 4. The Kier molecular flexibility index (Phi) is 3.00. The SMILES string of the molecule is CCCN1C(=O)N2CCN=C2c2ncn(CCC)c21. The normalized spacial score (nSPS) is 17.6. The Hall–Kier alpha value is -1.85. The van der Waals surface area contributed by atoms with E-state index in [1.165, 1.54) is 0 Å². The molecule has 3 heterocycles. The second-order valence-electron chi connectivity index (χ2n) is 4.90. The first-order valence-electron chi connectivity index (χ1n) is 6.96. The highest BCUT2D eigenvalue weighted by Crippen LogP contribution is 2.30. The molecule has 0 aliphatic carbocycles. The van der Waals surface area contributed by atoms with Crippen molar-refractivity contribution in [1.29, 1.82) is 0 Å². The third-order valence-corrected chi connectivity index (χ3v) is 3.49. The molecule has 0 atom stereocenters. The number of nitrogens with zero attached hydrogens (tertiary/aromatic N) is 5. The lowest BCUT2D eigenvalue weighted by Crippen LogP contribution is -2.50. The van der Waals surface area contributed by atoms with Gasteiger partial charge in [0.15, 0.2) is 5.84 Å². The molecule has 6 heteroatoms. The predicted octanol–water partition coefficient (Wildman–Crippen LogP) is 1.71. The largest absolute Gasteiger partial charge is 0.331 e. The van der Waals surface area contributed by atoms with Gasteiger partial charge in [0.05, 0.1) is 12.9 Å². The molecule has 0 radical (unpaired) electrons. The fraction of sp³-hybridized carbons (Fsp3) is 0.615. The number of fused-ring (bicyclic) bond motifs is 3. The summed E-state index contributed by atoms with van der Waals surface area (Å²) in [6.07, 6.45) is 3.78. The molecule has 0 saturated carbocycles. The number of urea groups is 1. The van der Waals surface area contributed by atoms with Crippen molar-refractivity contribution in [2.75, 3.05) is 24.5 Å². The number of amidine groups is 1. The molecule has 0 spiro atoms. The van der Waals surface area contributed by atoms with Crippen LogP contribution in [0.2, 0.25) is 0 Å². The number of hydrogen-bond donors (Lipinski definition) is 0. The van der Waals surface area contributed by atoms with Crippen LogP contribution in [0.4, 0.5) is 10.6 Å².